The maximum Gasteiger partial charge on any atom is 0.206 e. The third kappa shape index (κ3) is 3.77. The van der Waals surface area contributed by atoms with Crippen molar-refractivity contribution < 1.29 is 9.18 Å². The number of benzene rings is 1. The molecule has 0 amide bonds. The number of hydrogen-bond donors (Lipinski definition) is 1. The number of carbonyl (C=O) groups excluding carboxylic acids is 1. The van der Waals surface area contributed by atoms with Crippen molar-refractivity contribution in [2.75, 3.05) is 17.6 Å². The first-order valence-electron chi connectivity index (χ1n) is 6.09. The summed E-state index contributed by atoms with van der Waals surface area (Å²) < 4.78 is 14.3. The van der Waals surface area contributed by atoms with Gasteiger partial charge in [0.2, 0.25) is 5.13 Å². The van der Waals surface area contributed by atoms with Crippen LogP contribution in [0.2, 0.25) is 0 Å². The van der Waals surface area contributed by atoms with E-state index in [4.69, 9.17) is 0 Å². The number of ketones is 1. The van der Waals surface area contributed by atoms with Crippen molar-refractivity contribution in [3.63, 3.8) is 0 Å². The Morgan fingerprint density at radius 3 is 2.95 bits per heavy atom. The van der Waals surface area contributed by atoms with Gasteiger partial charge in [-0.1, -0.05) is 42.2 Å². The average molecular weight is 311 g/mol. The summed E-state index contributed by atoms with van der Waals surface area (Å²) in [7, 11) is 0. The molecule has 0 bridgehead atoms. The Balaban J connectivity index is 1.95. The normalized spacial score (nSPS) is 10.6. The number of rotatable bonds is 6. The van der Waals surface area contributed by atoms with Gasteiger partial charge in [0.25, 0.3) is 0 Å². The topological polar surface area (TPSA) is 54.9 Å². The molecule has 0 unspecified atom stereocenters. The molecule has 106 valence electrons. The molecule has 0 spiro atoms. The fraction of sp³-hybridized carbons (Fsp3) is 0.308. The van der Waals surface area contributed by atoms with Crippen molar-refractivity contribution in [3.05, 3.63) is 35.1 Å². The minimum Gasteiger partial charge on any atom is -0.353 e. The van der Waals surface area contributed by atoms with Crippen LogP contribution in [0.5, 0.6) is 0 Å². The largest absolute Gasteiger partial charge is 0.353 e. The Labute approximate surface area is 124 Å². The number of Topliss-reactive ketones (excluding diaryl/α,β-unsaturated/α-hetero) is 1. The second kappa shape index (κ2) is 6.81. The molecule has 1 aromatic carbocycles. The highest BCUT2D eigenvalue weighted by Gasteiger charge is 2.10. The molecule has 20 heavy (non-hydrogen) atoms. The molecule has 0 atom stereocenters. The summed E-state index contributed by atoms with van der Waals surface area (Å²) >= 11 is 3.00. The number of thioether (sulfide) groups is 1. The first kappa shape index (κ1) is 14.9. The van der Waals surface area contributed by atoms with Crippen LogP contribution in [0.3, 0.4) is 0 Å². The highest BCUT2D eigenvalue weighted by atomic mass is 32.2. The number of carbonyl (C=O) groups is 1. The van der Waals surface area contributed by atoms with Gasteiger partial charge < -0.3 is 5.32 Å². The fourth-order valence-electron chi connectivity index (χ4n) is 1.49. The van der Waals surface area contributed by atoms with Gasteiger partial charge in [0.15, 0.2) is 10.1 Å². The summed E-state index contributed by atoms with van der Waals surface area (Å²) in [5.41, 5.74) is 0.883. The van der Waals surface area contributed by atoms with Crippen LogP contribution in [0.15, 0.2) is 22.5 Å². The zero-order valence-electron chi connectivity index (χ0n) is 11.1. The molecule has 1 N–H and O–H groups in total. The van der Waals surface area contributed by atoms with Crippen LogP contribution in [-0.2, 0) is 0 Å². The number of nitrogens with one attached hydrogen (secondary N) is 1. The number of aromatic nitrogens is 2. The second-order valence-corrected chi connectivity index (χ2v) is 6.54. The molecule has 2 rings (SSSR count). The monoisotopic (exact) mass is 311 g/mol. The molecule has 1 heterocycles. The molecule has 0 aliphatic heterocycles. The van der Waals surface area contributed by atoms with Crippen molar-refractivity contribution in [3.8, 4) is 0 Å². The molecule has 0 saturated heterocycles. The standard InChI is InChI=1S/C13H14FN3OS2/c1-3-19-13-17-16-12(20-13)15-7-11(18)9-5-4-8(2)10(14)6-9/h4-6H,3,7H2,1-2H3,(H,15,16). The van der Waals surface area contributed by atoms with Gasteiger partial charge >= 0.3 is 0 Å². The highest BCUT2D eigenvalue weighted by Crippen LogP contribution is 2.24. The minimum absolute atomic E-state index is 0.0773. The highest BCUT2D eigenvalue weighted by molar-refractivity contribution is 8.01. The number of aryl methyl sites for hydroxylation is 1. The zero-order chi connectivity index (χ0) is 14.5. The predicted molar refractivity (Wildman–Crippen MR) is 80.3 cm³/mol. The molecule has 0 aliphatic carbocycles. The lowest BCUT2D eigenvalue weighted by Crippen LogP contribution is -2.14. The molecule has 0 radical (unpaired) electrons. The summed E-state index contributed by atoms with van der Waals surface area (Å²) in [6.45, 7) is 3.78. The Morgan fingerprint density at radius 1 is 1.45 bits per heavy atom. The van der Waals surface area contributed by atoms with E-state index in [0.29, 0.717) is 16.3 Å². The average Bonchev–Trinajstić information content (AvgIpc) is 2.87. The van der Waals surface area contributed by atoms with Gasteiger partial charge in [-0.05, 0) is 24.3 Å². The van der Waals surface area contributed by atoms with Crippen molar-refractivity contribution >= 4 is 34.0 Å². The van der Waals surface area contributed by atoms with E-state index in [2.05, 4.69) is 15.5 Å². The third-order valence-corrected chi connectivity index (χ3v) is 4.46. The maximum absolute atomic E-state index is 13.4. The van der Waals surface area contributed by atoms with Crippen LogP contribution in [0.25, 0.3) is 0 Å². The van der Waals surface area contributed by atoms with Gasteiger partial charge in [-0.25, -0.2) is 4.39 Å². The van der Waals surface area contributed by atoms with E-state index in [0.717, 1.165) is 10.1 Å². The SMILES string of the molecule is CCSc1nnc(NCC(=O)c2ccc(C)c(F)c2)s1. The lowest BCUT2D eigenvalue weighted by atomic mass is 10.1. The van der Waals surface area contributed by atoms with E-state index in [-0.39, 0.29) is 18.1 Å². The first-order chi connectivity index (χ1) is 9.60. The van der Waals surface area contributed by atoms with Gasteiger partial charge in [0.1, 0.15) is 5.82 Å². The Kier molecular flexibility index (Phi) is 5.08. The smallest absolute Gasteiger partial charge is 0.206 e. The Morgan fingerprint density at radius 2 is 2.25 bits per heavy atom. The predicted octanol–water partition coefficient (Wildman–Crippen LogP) is 3.39. The summed E-state index contributed by atoms with van der Waals surface area (Å²) in [6.07, 6.45) is 0. The van der Waals surface area contributed by atoms with E-state index in [9.17, 15) is 9.18 Å². The third-order valence-electron chi connectivity index (χ3n) is 2.57. The van der Waals surface area contributed by atoms with Crippen LogP contribution < -0.4 is 5.32 Å². The number of halogens is 1. The summed E-state index contributed by atoms with van der Waals surface area (Å²) in [5.74, 6) is 0.383. The van der Waals surface area contributed by atoms with Crippen molar-refractivity contribution in [1.29, 1.82) is 0 Å². The van der Waals surface area contributed by atoms with E-state index in [1.807, 2.05) is 6.92 Å². The van der Waals surface area contributed by atoms with Gasteiger partial charge in [0.05, 0.1) is 6.54 Å². The van der Waals surface area contributed by atoms with Crippen LogP contribution in [0.4, 0.5) is 9.52 Å². The quantitative estimate of drug-likeness (QED) is 0.654. The molecule has 0 aliphatic rings. The van der Waals surface area contributed by atoms with Crippen LogP contribution in [0, 0.1) is 12.7 Å². The maximum atomic E-state index is 13.4. The Hall–Kier alpha value is -1.47. The number of anilines is 1. The second-order valence-electron chi connectivity index (χ2n) is 4.05. The van der Waals surface area contributed by atoms with Crippen molar-refractivity contribution in [1.82, 2.24) is 10.2 Å². The van der Waals surface area contributed by atoms with Crippen molar-refractivity contribution in [2.24, 2.45) is 0 Å². The van der Waals surface area contributed by atoms with E-state index in [1.54, 1.807) is 30.8 Å². The van der Waals surface area contributed by atoms with Gasteiger partial charge in [-0.3, -0.25) is 4.79 Å². The number of nitrogens with zero attached hydrogens (tertiary/aromatic N) is 2. The molecular weight excluding hydrogens is 297 g/mol. The van der Waals surface area contributed by atoms with Crippen LogP contribution in [0.1, 0.15) is 22.8 Å². The molecule has 1 aromatic heterocycles. The summed E-state index contributed by atoms with van der Waals surface area (Å²) in [6, 6.07) is 4.49. The van der Waals surface area contributed by atoms with E-state index in [1.165, 1.54) is 17.4 Å². The lowest BCUT2D eigenvalue weighted by Gasteiger charge is -2.03. The van der Waals surface area contributed by atoms with E-state index < -0.39 is 0 Å². The van der Waals surface area contributed by atoms with Crippen LogP contribution >= 0.6 is 23.1 Å². The Bertz CT molecular complexity index is 615. The van der Waals surface area contributed by atoms with Gasteiger partial charge in [-0.15, -0.1) is 10.2 Å². The van der Waals surface area contributed by atoms with Gasteiger partial charge in [-0.2, -0.15) is 0 Å². The molecule has 0 fully saturated rings. The molecule has 2 aromatic rings. The summed E-state index contributed by atoms with van der Waals surface area (Å²) in [4.78, 5) is 11.9. The molecule has 0 saturated carbocycles. The molecule has 4 nitrogen and oxygen atoms in total. The van der Waals surface area contributed by atoms with Gasteiger partial charge in [0, 0.05) is 5.56 Å². The van der Waals surface area contributed by atoms with E-state index >= 15 is 0 Å². The molecular formula is C13H14FN3OS2. The lowest BCUT2D eigenvalue weighted by molar-refractivity contribution is 0.101. The summed E-state index contributed by atoms with van der Waals surface area (Å²) in [5, 5.41) is 11.4. The fourth-order valence-corrected chi connectivity index (χ4v) is 3.13. The first-order valence-corrected chi connectivity index (χ1v) is 7.90. The molecule has 7 heteroatoms. The zero-order valence-corrected chi connectivity index (χ0v) is 12.8. The van der Waals surface area contributed by atoms with Crippen LogP contribution in [-0.4, -0.2) is 28.3 Å². The number of hydrogen-bond acceptors (Lipinski definition) is 6. The van der Waals surface area contributed by atoms with Crippen molar-refractivity contribution in [2.45, 2.75) is 18.2 Å². The minimum atomic E-state index is -0.367.